The van der Waals surface area contributed by atoms with Gasteiger partial charge in [0.25, 0.3) is 0 Å². The minimum absolute atomic E-state index is 0. The Kier molecular flexibility index (Phi) is 4.15. The molecule has 1 amide bonds. The van der Waals surface area contributed by atoms with E-state index in [1.807, 2.05) is 0 Å². The largest absolute Gasteiger partial charge is 0.394 e. The zero-order valence-corrected chi connectivity index (χ0v) is 9.94. The number of halogens is 2. The highest BCUT2D eigenvalue weighted by molar-refractivity contribution is 6.34. The summed E-state index contributed by atoms with van der Waals surface area (Å²) in [4.78, 5) is 11.2. The van der Waals surface area contributed by atoms with Gasteiger partial charge in [0.15, 0.2) is 0 Å². The van der Waals surface area contributed by atoms with E-state index in [-0.39, 0.29) is 24.9 Å². The van der Waals surface area contributed by atoms with Crippen molar-refractivity contribution in [1.29, 1.82) is 0 Å². The number of aliphatic hydroxyl groups excluding tert-OH is 1. The Hall–Kier alpha value is -0.810. The number of benzene rings is 1. The van der Waals surface area contributed by atoms with E-state index < -0.39 is 6.04 Å². The summed E-state index contributed by atoms with van der Waals surface area (Å²) in [5.41, 5.74) is 7.93. The number of hydrogen-bond donors (Lipinski definition) is 3. The van der Waals surface area contributed by atoms with E-state index in [1.165, 1.54) is 0 Å². The van der Waals surface area contributed by atoms with Crippen LogP contribution < -0.4 is 11.1 Å². The average Bonchev–Trinajstić information content (AvgIpc) is 2.58. The molecule has 0 spiro atoms. The van der Waals surface area contributed by atoms with Gasteiger partial charge in [-0.05, 0) is 17.2 Å². The molecule has 1 atom stereocenters. The Morgan fingerprint density at radius 3 is 2.88 bits per heavy atom. The molecule has 1 aromatic carbocycles. The number of aliphatic hydroxyl groups is 1. The monoisotopic (exact) mass is 262 g/mol. The first-order valence-corrected chi connectivity index (χ1v) is 4.98. The van der Waals surface area contributed by atoms with Crippen LogP contribution in [0.1, 0.15) is 17.2 Å². The Bertz CT molecular complexity index is 424. The predicted octanol–water partition coefficient (Wildman–Crippen LogP) is 1.25. The molecule has 2 rings (SSSR count). The SMILES string of the molecule is Cl.N[C@H](CO)c1cc(Cl)c2c(c1)CC(=O)N2. The summed E-state index contributed by atoms with van der Waals surface area (Å²) >= 11 is 5.99. The molecule has 0 unspecified atom stereocenters. The summed E-state index contributed by atoms with van der Waals surface area (Å²) < 4.78 is 0. The molecule has 1 aromatic rings. The van der Waals surface area contributed by atoms with Gasteiger partial charge in [-0.3, -0.25) is 4.79 Å². The molecule has 0 aliphatic carbocycles. The number of nitrogens with two attached hydrogens (primary N) is 1. The van der Waals surface area contributed by atoms with Gasteiger partial charge in [-0.2, -0.15) is 0 Å². The lowest BCUT2D eigenvalue weighted by atomic mass is 10.0. The van der Waals surface area contributed by atoms with Crippen molar-refractivity contribution in [1.82, 2.24) is 0 Å². The van der Waals surface area contributed by atoms with E-state index in [0.29, 0.717) is 17.1 Å². The van der Waals surface area contributed by atoms with E-state index in [4.69, 9.17) is 22.4 Å². The molecule has 88 valence electrons. The van der Waals surface area contributed by atoms with Gasteiger partial charge in [-0.1, -0.05) is 17.7 Å². The van der Waals surface area contributed by atoms with E-state index in [1.54, 1.807) is 12.1 Å². The zero-order valence-electron chi connectivity index (χ0n) is 8.37. The van der Waals surface area contributed by atoms with Crippen LogP contribution in [-0.2, 0) is 11.2 Å². The summed E-state index contributed by atoms with van der Waals surface area (Å²) in [5, 5.41) is 12.1. The molecule has 0 saturated heterocycles. The molecule has 1 aliphatic heterocycles. The minimum Gasteiger partial charge on any atom is -0.394 e. The topological polar surface area (TPSA) is 75.3 Å². The molecule has 16 heavy (non-hydrogen) atoms. The van der Waals surface area contributed by atoms with Crippen molar-refractivity contribution in [3.63, 3.8) is 0 Å². The van der Waals surface area contributed by atoms with Gasteiger partial charge in [0.2, 0.25) is 5.91 Å². The molecular weight excluding hydrogens is 251 g/mol. The third kappa shape index (κ3) is 2.30. The van der Waals surface area contributed by atoms with Crippen molar-refractivity contribution in [3.05, 3.63) is 28.3 Å². The Morgan fingerprint density at radius 1 is 1.56 bits per heavy atom. The van der Waals surface area contributed by atoms with Crippen LogP contribution in [0.2, 0.25) is 5.02 Å². The van der Waals surface area contributed by atoms with Crippen molar-refractivity contribution in [3.8, 4) is 0 Å². The number of carbonyl (C=O) groups is 1. The molecule has 0 radical (unpaired) electrons. The highest BCUT2D eigenvalue weighted by atomic mass is 35.5. The van der Waals surface area contributed by atoms with Crippen molar-refractivity contribution < 1.29 is 9.90 Å². The maximum Gasteiger partial charge on any atom is 0.228 e. The molecular formula is C10H12Cl2N2O2. The second-order valence-electron chi connectivity index (χ2n) is 3.55. The van der Waals surface area contributed by atoms with Crippen molar-refractivity contribution in [2.45, 2.75) is 12.5 Å². The summed E-state index contributed by atoms with van der Waals surface area (Å²) in [5.74, 6) is -0.0679. The van der Waals surface area contributed by atoms with Crippen LogP contribution in [0.4, 0.5) is 5.69 Å². The Morgan fingerprint density at radius 2 is 2.25 bits per heavy atom. The fourth-order valence-corrected chi connectivity index (χ4v) is 1.94. The fraction of sp³-hybridized carbons (Fsp3) is 0.300. The first kappa shape index (κ1) is 13.3. The highest BCUT2D eigenvalue weighted by Gasteiger charge is 2.22. The number of hydrogen-bond acceptors (Lipinski definition) is 3. The fourth-order valence-electron chi connectivity index (χ4n) is 1.64. The second kappa shape index (κ2) is 5.01. The average molecular weight is 263 g/mol. The summed E-state index contributed by atoms with van der Waals surface area (Å²) in [7, 11) is 0. The lowest BCUT2D eigenvalue weighted by Crippen LogP contribution is -2.14. The quantitative estimate of drug-likeness (QED) is 0.751. The summed E-state index contributed by atoms with van der Waals surface area (Å²) in [6.07, 6.45) is 0.320. The van der Waals surface area contributed by atoms with E-state index in [0.717, 1.165) is 11.1 Å². The van der Waals surface area contributed by atoms with Crippen LogP contribution in [0.3, 0.4) is 0 Å². The summed E-state index contributed by atoms with van der Waals surface area (Å²) in [6, 6.07) is 3.02. The van der Waals surface area contributed by atoms with Gasteiger partial charge in [-0.25, -0.2) is 0 Å². The van der Waals surface area contributed by atoms with Gasteiger partial charge >= 0.3 is 0 Å². The van der Waals surface area contributed by atoms with Crippen LogP contribution in [0.15, 0.2) is 12.1 Å². The first-order valence-electron chi connectivity index (χ1n) is 4.60. The lowest BCUT2D eigenvalue weighted by Gasteiger charge is -2.11. The number of anilines is 1. The van der Waals surface area contributed by atoms with Gasteiger partial charge in [-0.15, -0.1) is 12.4 Å². The first-order chi connectivity index (χ1) is 7.11. The lowest BCUT2D eigenvalue weighted by molar-refractivity contribution is -0.115. The second-order valence-corrected chi connectivity index (χ2v) is 3.96. The molecule has 1 aliphatic rings. The maximum absolute atomic E-state index is 11.2. The molecule has 0 fully saturated rings. The number of carbonyl (C=O) groups excluding carboxylic acids is 1. The number of nitrogens with one attached hydrogen (secondary N) is 1. The number of rotatable bonds is 2. The number of amides is 1. The molecule has 0 aromatic heterocycles. The third-order valence-corrected chi connectivity index (χ3v) is 2.73. The normalized spacial score (nSPS) is 15.1. The van der Waals surface area contributed by atoms with Crippen molar-refractivity contribution >= 4 is 35.6 Å². The zero-order chi connectivity index (χ0) is 11.0. The van der Waals surface area contributed by atoms with Gasteiger partial charge < -0.3 is 16.2 Å². The molecule has 0 saturated carbocycles. The van der Waals surface area contributed by atoms with E-state index in [9.17, 15) is 4.79 Å². The highest BCUT2D eigenvalue weighted by Crippen LogP contribution is 2.33. The standard InChI is InChI=1S/C10H11ClN2O2.ClH/c11-7-2-5(8(12)4-14)1-6-3-9(15)13-10(6)7;/h1-2,8,14H,3-4,12H2,(H,13,15);1H/t8-;/m1./s1. The van der Waals surface area contributed by atoms with Crippen LogP contribution in [0.25, 0.3) is 0 Å². The Balaban J connectivity index is 0.00000128. The summed E-state index contributed by atoms with van der Waals surface area (Å²) in [6.45, 7) is -0.142. The van der Waals surface area contributed by atoms with Crippen LogP contribution in [0, 0.1) is 0 Å². The van der Waals surface area contributed by atoms with E-state index in [2.05, 4.69) is 5.32 Å². The van der Waals surface area contributed by atoms with Crippen molar-refractivity contribution in [2.75, 3.05) is 11.9 Å². The van der Waals surface area contributed by atoms with E-state index >= 15 is 0 Å². The van der Waals surface area contributed by atoms with Gasteiger partial charge in [0.05, 0.1) is 29.8 Å². The maximum atomic E-state index is 11.2. The minimum atomic E-state index is -0.455. The predicted molar refractivity (Wildman–Crippen MR) is 65.0 cm³/mol. The third-order valence-electron chi connectivity index (χ3n) is 2.43. The van der Waals surface area contributed by atoms with Crippen molar-refractivity contribution in [2.24, 2.45) is 5.73 Å². The number of fused-ring (bicyclic) bond motifs is 1. The van der Waals surface area contributed by atoms with Gasteiger partial charge in [0.1, 0.15) is 0 Å². The van der Waals surface area contributed by atoms with Crippen LogP contribution in [0.5, 0.6) is 0 Å². The van der Waals surface area contributed by atoms with Crippen LogP contribution >= 0.6 is 24.0 Å². The smallest absolute Gasteiger partial charge is 0.228 e. The molecule has 1 heterocycles. The van der Waals surface area contributed by atoms with Gasteiger partial charge in [0, 0.05) is 0 Å². The molecule has 0 bridgehead atoms. The molecule has 6 heteroatoms. The Labute approximate surface area is 104 Å². The molecule has 4 nitrogen and oxygen atoms in total. The van der Waals surface area contributed by atoms with Crippen LogP contribution in [-0.4, -0.2) is 17.6 Å². The molecule has 4 N–H and O–H groups in total.